The van der Waals surface area contributed by atoms with E-state index < -0.39 is 0 Å². The first-order chi connectivity index (χ1) is 7.13. The lowest BCUT2D eigenvalue weighted by atomic mass is 9.95. The van der Waals surface area contributed by atoms with Gasteiger partial charge in [0.2, 0.25) is 0 Å². The number of aliphatic hydroxyl groups excluding tert-OH is 1. The Balaban J connectivity index is 2.51. The van der Waals surface area contributed by atoms with Crippen LogP contribution < -0.4 is 4.74 Å². The van der Waals surface area contributed by atoms with Gasteiger partial charge >= 0.3 is 0 Å². The third-order valence-electron chi connectivity index (χ3n) is 2.99. The normalized spacial score (nSPS) is 17.5. The van der Waals surface area contributed by atoms with Gasteiger partial charge in [-0.15, -0.1) is 0 Å². The van der Waals surface area contributed by atoms with Crippen molar-refractivity contribution in [3.05, 3.63) is 22.7 Å². The molecule has 0 saturated heterocycles. The fourth-order valence-electron chi connectivity index (χ4n) is 1.80. The molecule has 0 radical (unpaired) electrons. The van der Waals surface area contributed by atoms with Crippen LogP contribution in [0.4, 0.5) is 0 Å². The maximum absolute atomic E-state index is 9.93. The minimum absolute atomic E-state index is 0.0318. The van der Waals surface area contributed by atoms with Crippen LogP contribution in [-0.2, 0) is 5.41 Å². The highest BCUT2D eigenvalue weighted by atomic mass is 35.5. The lowest BCUT2D eigenvalue weighted by Crippen LogP contribution is -2.12. The smallest absolute Gasteiger partial charge is 0.162 e. The fourth-order valence-corrected chi connectivity index (χ4v) is 2.01. The van der Waals surface area contributed by atoms with E-state index in [-0.39, 0.29) is 17.8 Å². The van der Waals surface area contributed by atoms with E-state index in [0.717, 1.165) is 12.8 Å². The van der Waals surface area contributed by atoms with Crippen molar-refractivity contribution in [1.82, 2.24) is 0 Å². The average molecular weight is 229 g/mol. The van der Waals surface area contributed by atoms with Crippen molar-refractivity contribution in [2.24, 2.45) is 0 Å². The summed E-state index contributed by atoms with van der Waals surface area (Å²) in [7, 11) is 1.48. The van der Waals surface area contributed by atoms with Crippen LogP contribution in [0.5, 0.6) is 11.5 Å². The highest BCUT2D eigenvalue weighted by Gasteiger charge is 2.46. The maximum Gasteiger partial charge on any atom is 0.162 e. The van der Waals surface area contributed by atoms with Crippen LogP contribution >= 0.6 is 11.6 Å². The Morgan fingerprint density at radius 2 is 2.13 bits per heavy atom. The van der Waals surface area contributed by atoms with Gasteiger partial charge in [0.15, 0.2) is 11.5 Å². The van der Waals surface area contributed by atoms with E-state index in [4.69, 9.17) is 16.3 Å². The molecule has 3 nitrogen and oxygen atoms in total. The van der Waals surface area contributed by atoms with Gasteiger partial charge < -0.3 is 14.9 Å². The summed E-state index contributed by atoms with van der Waals surface area (Å²) < 4.78 is 5.02. The second kappa shape index (κ2) is 3.58. The molecular weight excluding hydrogens is 216 g/mol. The van der Waals surface area contributed by atoms with Crippen molar-refractivity contribution in [1.29, 1.82) is 0 Å². The molecule has 1 aliphatic carbocycles. The molecule has 0 aromatic heterocycles. The predicted octanol–water partition coefficient (Wildman–Crippen LogP) is 2.08. The van der Waals surface area contributed by atoms with E-state index in [1.165, 1.54) is 7.11 Å². The lowest BCUT2D eigenvalue weighted by molar-refractivity contribution is 0.251. The minimum Gasteiger partial charge on any atom is -0.504 e. The second-order valence-electron chi connectivity index (χ2n) is 3.94. The molecule has 15 heavy (non-hydrogen) atoms. The van der Waals surface area contributed by atoms with Crippen molar-refractivity contribution in [2.75, 3.05) is 13.7 Å². The number of hydrogen-bond donors (Lipinski definition) is 2. The van der Waals surface area contributed by atoms with Gasteiger partial charge in [-0.1, -0.05) is 11.6 Å². The molecule has 0 atom stereocenters. The van der Waals surface area contributed by atoms with Gasteiger partial charge in [-0.2, -0.15) is 0 Å². The molecule has 0 unspecified atom stereocenters. The number of halogens is 1. The monoisotopic (exact) mass is 228 g/mol. The first-order valence-electron chi connectivity index (χ1n) is 4.81. The number of methoxy groups -OCH3 is 1. The van der Waals surface area contributed by atoms with Gasteiger partial charge in [-0.3, -0.25) is 0 Å². The molecule has 82 valence electrons. The van der Waals surface area contributed by atoms with E-state index >= 15 is 0 Å². The van der Waals surface area contributed by atoms with Gasteiger partial charge in [-0.05, 0) is 18.9 Å². The summed E-state index contributed by atoms with van der Waals surface area (Å²) in [5, 5.41) is 19.7. The molecule has 0 amide bonds. The lowest BCUT2D eigenvalue weighted by Gasteiger charge is -2.16. The minimum atomic E-state index is -0.303. The third kappa shape index (κ3) is 1.66. The molecule has 2 rings (SSSR count). The Morgan fingerprint density at radius 1 is 1.47 bits per heavy atom. The van der Waals surface area contributed by atoms with Crippen LogP contribution in [0.3, 0.4) is 0 Å². The topological polar surface area (TPSA) is 49.7 Å². The van der Waals surface area contributed by atoms with Crippen LogP contribution in [-0.4, -0.2) is 23.9 Å². The summed E-state index contributed by atoms with van der Waals surface area (Å²) in [6.45, 7) is 0.0318. The van der Waals surface area contributed by atoms with E-state index in [2.05, 4.69) is 0 Å². The van der Waals surface area contributed by atoms with Crippen LogP contribution in [0.15, 0.2) is 12.1 Å². The number of ether oxygens (including phenoxy) is 1. The van der Waals surface area contributed by atoms with Crippen molar-refractivity contribution in [3.63, 3.8) is 0 Å². The van der Waals surface area contributed by atoms with Gasteiger partial charge in [-0.25, -0.2) is 0 Å². The number of phenolic OH excluding ortho intramolecular Hbond substituents is 1. The Bertz CT molecular complexity index is 386. The van der Waals surface area contributed by atoms with Gasteiger partial charge in [0.25, 0.3) is 0 Å². The zero-order valence-electron chi connectivity index (χ0n) is 8.46. The molecule has 1 saturated carbocycles. The molecule has 0 spiro atoms. The number of benzene rings is 1. The number of aliphatic hydroxyl groups is 1. The van der Waals surface area contributed by atoms with Crippen LogP contribution in [0.1, 0.15) is 18.4 Å². The van der Waals surface area contributed by atoms with Crippen LogP contribution in [0, 0.1) is 0 Å². The van der Waals surface area contributed by atoms with Crippen LogP contribution in [0.25, 0.3) is 0 Å². The first kappa shape index (κ1) is 10.6. The summed E-state index contributed by atoms with van der Waals surface area (Å²) in [4.78, 5) is 0. The molecule has 2 N–H and O–H groups in total. The molecule has 1 aromatic rings. The van der Waals surface area contributed by atoms with Crippen LogP contribution in [0.2, 0.25) is 5.02 Å². The maximum atomic E-state index is 9.93. The molecule has 1 aliphatic rings. The van der Waals surface area contributed by atoms with E-state index in [9.17, 15) is 10.2 Å². The van der Waals surface area contributed by atoms with Gasteiger partial charge in [0, 0.05) is 22.1 Å². The van der Waals surface area contributed by atoms with E-state index in [0.29, 0.717) is 16.3 Å². The quantitative estimate of drug-likeness (QED) is 0.833. The first-order valence-corrected chi connectivity index (χ1v) is 5.18. The summed E-state index contributed by atoms with van der Waals surface area (Å²) in [5.41, 5.74) is 0.386. The molecule has 0 heterocycles. The molecule has 1 aromatic carbocycles. The average Bonchev–Trinajstić information content (AvgIpc) is 3.01. The van der Waals surface area contributed by atoms with Crippen molar-refractivity contribution >= 4 is 11.6 Å². The number of phenols is 1. The summed E-state index contributed by atoms with van der Waals surface area (Å²) >= 11 is 5.92. The van der Waals surface area contributed by atoms with Crippen molar-refractivity contribution in [3.8, 4) is 11.5 Å². The highest BCUT2D eigenvalue weighted by Crippen LogP contribution is 2.53. The zero-order chi connectivity index (χ0) is 11.1. The second-order valence-corrected chi connectivity index (χ2v) is 4.38. The molecule has 0 aliphatic heterocycles. The molecular formula is C11H13ClO3. The largest absolute Gasteiger partial charge is 0.504 e. The molecule has 0 bridgehead atoms. The third-order valence-corrected chi connectivity index (χ3v) is 3.21. The summed E-state index contributed by atoms with van der Waals surface area (Å²) in [5.74, 6) is 0.450. The standard InChI is InChI=1S/C11H13ClO3/c1-15-9-5-7(12)4-8(10(9)14)11(6-13)2-3-11/h4-5,13-14H,2-3,6H2,1H3. The fraction of sp³-hybridized carbons (Fsp3) is 0.455. The molecule has 1 fully saturated rings. The van der Waals surface area contributed by atoms with Gasteiger partial charge in [0.05, 0.1) is 13.7 Å². The Labute approximate surface area is 93.3 Å². The number of hydrogen-bond acceptors (Lipinski definition) is 3. The zero-order valence-corrected chi connectivity index (χ0v) is 9.21. The van der Waals surface area contributed by atoms with Gasteiger partial charge in [0.1, 0.15) is 0 Å². The predicted molar refractivity (Wildman–Crippen MR) is 57.7 cm³/mol. The Hall–Kier alpha value is -0.930. The number of aromatic hydroxyl groups is 1. The number of rotatable bonds is 3. The van der Waals surface area contributed by atoms with Crippen molar-refractivity contribution in [2.45, 2.75) is 18.3 Å². The molecule has 4 heteroatoms. The Kier molecular flexibility index (Phi) is 2.52. The van der Waals surface area contributed by atoms with E-state index in [1.54, 1.807) is 12.1 Å². The highest BCUT2D eigenvalue weighted by molar-refractivity contribution is 6.30. The summed E-state index contributed by atoms with van der Waals surface area (Å²) in [6, 6.07) is 3.26. The SMILES string of the molecule is COc1cc(Cl)cc(C2(CO)CC2)c1O. The van der Waals surface area contributed by atoms with E-state index in [1.807, 2.05) is 0 Å². The summed E-state index contributed by atoms with van der Waals surface area (Å²) in [6.07, 6.45) is 1.75. The Morgan fingerprint density at radius 3 is 2.60 bits per heavy atom. The van der Waals surface area contributed by atoms with Crippen molar-refractivity contribution < 1.29 is 14.9 Å².